The van der Waals surface area contributed by atoms with E-state index in [0.717, 1.165) is 47.5 Å². The Labute approximate surface area is 237 Å². The first-order valence-electron chi connectivity index (χ1n) is 14.0. The molecule has 1 N–H and O–H groups in total. The van der Waals surface area contributed by atoms with Crippen molar-refractivity contribution in [3.8, 4) is 5.75 Å². The molecule has 206 valence electrons. The van der Waals surface area contributed by atoms with Crippen LogP contribution in [0.1, 0.15) is 55.2 Å². The third-order valence-corrected chi connectivity index (χ3v) is 8.33. The third-order valence-electron chi connectivity index (χ3n) is 7.32. The topological polar surface area (TPSA) is 58.6 Å². The summed E-state index contributed by atoms with van der Waals surface area (Å²) in [7, 11) is 1.64. The maximum Gasteiger partial charge on any atom is 0.243 e. The molecule has 0 radical (unpaired) electrons. The number of carbonyl (C=O) groups excluding carboxylic acids is 2. The Morgan fingerprint density at radius 2 is 1.67 bits per heavy atom. The Morgan fingerprint density at radius 3 is 2.38 bits per heavy atom. The molecule has 1 unspecified atom stereocenters. The van der Waals surface area contributed by atoms with E-state index in [9.17, 15) is 9.59 Å². The van der Waals surface area contributed by atoms with Crippen LogP contribution in [0.5, 0.6) is 5.75 Å². The van der Waals surface area contributed by atoms with Crippen molar-refractivity contribution in [2.75, 3.05) is 12.9 Å². The molecule has 1 atom stereocenters. The predicted molar refractivity (Wildman–Crippen MR) is 159 cm³/mol. The number of rotatable bonds is 12. The molecule has 1 aliphatic carbocycles. The number of carbonyl (C=O) groups is 2. The minimum atomic E-state index is -0.600. The molecular formula is C33H40N2O3S. The van der Waals surface area contributed by atoms with Gasteiger partial charge in [0, 0.05) is 36.1 Å². The molecule has 4 rings (SSSR count). The molecule has 39 heavy (non-hydrogen) atoms. The molecule has 5 nitrogen and oxygen atoms in total. The first-order chi connectivity index (χ1) is 19.0. The highest BCUT2D eigenvalue weighted by Gasteiger charge is 2.31. The van der Waals surface area contributed by atoms with Crippen molar-refractivity contribution in [1.29, 1.82) is 0 Å². The molecule has 3 aromatic carbocycles. The van der Waals surface area contributed by atoms with Gasteiger partial charge in [0.25, 0.3) is 0 Å². The third kappa shape index (κ3) is 8.89. The van der Waals surface area contributed by atoms with Crippen LogP contribution in [0, 0.1) is 6.92 Å². The van der Waals surface area contributed by atoms with Gasteiger partial charge in [0.05, 0.1) is 7.11 Å². The van der Waals surface area contributed by atoms with Gasteiger partial charge in [-0.1, -0.05) is 79.4 Å². The van der Waals surface area contributed by atoms with E-state index in [4.69, 9.17) is 4.74 Å². The zero-order chi connectivity index (χ0) is 27.5. The minimum absolute atomic E-state index is 0.0165. The van der Waals surface area contributed by atoms with Gasteiger partial charge in [-0.3, -0.25) is 9.59 Å². The van der Waals surface area contributed by atoms with Gasteiger partial charge in [-0.05, 0) is 55.2 Å². The number of hydrogen-bond donors (Lipinski definition) is 1. The average molecular weight is 545 g/mol. The molecule has 0 heterocycles. The lowest BCUT2D eigenvalue weighted by Gasteiger charge is -2.33. The van der Waals surface area contributed by atoms with Crippen LogP contribution >= 0.6 is 11.8 Å². The summed E-state index contributed by atoms with van der Waals surface area (Å²) in [6, 6.07) is 25.7. The zero-order valence-electron chi connectivity index (χ0n) is 23.1. The zero-order valence-corrected chi connectivity index (χ0v) is 23.9. The van der Waals surface area contributed by atoms with Gasteiger partial charge in [-0.15, -0.1) is 11.8 Å². The Bertz CT molecular complexity index is 1190. The highest BCUT2D eigenvalue weighted by Crippen LogP contribution is 2.23. The number of benzene rings is 3. The molecule has 1 saturated carbocycles. The van der Waals surface area contributed by atoms with E-state index in [2.05, 4.69) is 36.5 Å². The summed E-state index contributed by atoms with van der Waals surface area (Å²) >= 11 is 1.67. The number of aryl methyl sites for hydroxylation is 1. The largest absolute Gasteiger partial charge is 0.497 e. The number of methoxy groups -OCH3 is 1. The van der Waals surface area contributed by atoms with Crippen LogP contribution in [0.4, 0.5) is 0 Å². The Balaban J connectivity index is 1.57. The normalized spacial score (nSPS) is 14.4. The Kier molecular flexibility index (Phi) is 10.9. The molecule has 1 aliphatic rings. The van der Waals surface area contributed by atoms with Crippen molar-refractivity contribution < 1.29 is 14.3 Å². The second-order valence-electron chi connectivity index (χ2n) is 10.3. The van der Waals surface area contributed by atoms with Crippen LogP contribution in [0.3, 0.4) is 0 Å². The van der Waals surface area contributed by atoms with E-state index < -0.39 is 6.04 Å². The van der Waals surface area contributed by atoms with E-state index in [1.54, 1.807) is 23.8 Å². The van der Waals surface area contributed by atoms with E-state index in [-0.39, 0.29) is 17.9 Å². The van der Waals surface area contributed by atoms with Crippen LogP contribution in [0.25, 0.3) is 0 Å². The van der Waals surface area contributed by atoms with Crippen molar-refractivity contribution in [3.05, 3.63) is 95.6 Å². The van der Waals surface area contributed by atoms with E-state index in [1.807, 2.05) is 54.6 Å². The predicted octanol–water partition coefficient (Wildman–Crippen LogP) is 6.57. The maximum atomic E-state index is 13.9. The lowest BCUT2D eigenvalue weighted by Crippen LogP contribution is -2.52. The molecule has 0 saturated heterocycles. The quantitative estimate of drug-likeness (QED) is 0.262. The molecule has 1 fully saturated rings. The summed E-state index contributed by atoms with van der Waals surface area (Å²) in [4.78, 5) is 30.7. The number of ether oxygens (including phenoxy) is 1. The number of nitrogens with zero attached hydrogens (tertiary/aromatic N) is 1. The summed E-state index contributed by atoms with van der Waals surface area (Å²) in [6.45, 7) is 2.42. The summed E-state index contributed by atoms with van der Waals surface area (Å²) in [5.74, 6) is 1.31. The first kappa shape index (κ1) is 28.8. The van der Waals surface area contributed by atoms with Crippen LogP contribution in [0.15, 0.2) is 83.8 Å². The van der Waals surface area contributed by atoms with Gasteiger partial charge in [0.1, 0.15) is 11.8 Å². The molecular weight excluding hydrogens is 504 g/mol. The molecule has 3 aromatic rings. The monoisotopic (exact) mass is 544 g/mol. The fourth-order valence-corrected chi connectivity index (χ4v) is 5.94. The number of nitrogens with one attached hydrogen (secondary N) is 1. The molecule has 0 aliphatic heterocycles. The maximum absolute atomic E-state index is 13.9. The van der Waals surface area contributed by atoms with Crippen LogP contribution in [-0.2, 0) is 22.6 Å². The highest BCUT2D eigenvalue weighted by molar-refractivity contribution is 7.99. The summed E-state index contributed by atoms with van der Waals surface area (Å²) in [6.07, 6.45) is 6.32. The SMILES string of the molecule is COc1cccc(CN(C(=O)CCSc2ccc(C)cc2)C(Cc2ccccc2)C(=O)NC2CCCCC2)c1. The van der Waals surface area contributed by atoms with Crippen LogP contribution in [0.2, 0.25) is 0 Å². The number of thioether (sulfide) groups is 1. The van der Waals surface area contributed by atoms with E-state index >= 15 is 0 Å². The van der Waals surface area contributed by atoms with Gasteiger partial charge in [-0.25, -0.2) is 0 Å². The second-order valence-corrected chi connectivity index (χ2v) is 11.5. The van der Waals surface area contributed by atoms with Gasteiger partial charge < -0.3 is 15.0 Å². The lowest BCUT2D eigenvalue weighted by molar-refractivity contribution is -0.141. The Hall–Kier alpha value is -3.25. The second kappa shape index (κ2) is 14.8. The first-order valence-corrected chi connectivity index (χ1v) is 15.0. The summed E-state index contributed by atoms with van der Waals surface area (Å²) in [5.41, 5.74) is 3.20. The van der Waals surface area contributed by atoms with Crippen molar-refractivity contribution >= 4 is 23.6 Å². The van der Waals surface area contributed by atoms with Crippen molar-refractivity contribution in [2.24, 2.45) is 0 Å². The van der Waals surface area contributed by atoms with E-state index in [1.165, 1.54) is 12.0 Å². The highest BCUT2D eigenvalue weighted by atomic mass is 32.2. The smallest absolute Gasteiger partial charge is 0.243 e. The van der Waals surface area contributed by atoms with Gasteiger partial charge in [0.15, 0.2) is 0 Å². The summed E-state index contributed by atoms with van der Waals surface area (Å²) < 4.78 is 5.44. The van der Waals surface area contributed by atoms with Gasteiger partial charge >= 0.3 is 0 Å². The number of amides is 2. The molecule has 0 spiro atoms. The standard InChI is InChI=1S/C33H40N2O3S/c1-25-16-18-30(19-17-25)39-21-20-32(36)35(24-27-12-9-15-29(22-27)38-2)31(23-26-10-5-3-6-11-26)33(37)34-28-13-7-4-8-14-28/h3,5-6,9-12,15-19,22,28,31H,4,7-8,13-14,20-21,23-24H2,1-2H3,(H,34,37). The summed E-state index contributed by atoms with van der Waals surface area (Å²) in [5, 5.41) is 3.31. The minimum Gasteiger partial charge on any atom is -0.497 e. The molecule has 2 amide bonds. The fourth-order valence-electron chi connectivity index (χ4n) is 5.10. The molecule has 0 aromatic heterocycles. The average Bonchev–Trinajstić information content (AvgIpc) is 2.97. The molecule has 6 heteroatoms. The number of hydrogen-bond acceptors (Lipinski definition) is 4. The van der Waals surface area contributed by atoms with Crippen molar-refractivity contribution in [2.45, 2.75) is 75.4 Å². The van der Waals surface area contributed by atoms with Gasteiger partial charge in [0.2, 0.25) is 11.8 Å². The Morgan fingerprint density at radius 1 is 0.949 bits per heavy atom. The fraction of sp³-hybridized carbons (Fsp3) is 0.394. The van der Waals surface area contributed by atoms with Crippen LogP contribution < -0.4 is 10.1 Å². The molecule has 0 bridgehead atoms. The lowest BCUT2D eigenvalue weighted by atomic mass is 9.94. The van der Waals surface area contributed by atoms with Crippen molar-refractivity contribution in [1.82, 2.24) is 10.2 Å². The van der Waals surface area contributed by atoms with E-state index in [0.29, 0.717) is 25.1 Å². The van der Waals surface area contributed by atoms with Crippen molar-refractivity contribution in [3.63, 3.8) is 0 Å². The van der Waals surface area contributed by atoms with Crippen LogP contribution in [-0.4, -0.2) is 41.7 Å². The van der Waals surface area contributed by atoms with Gasteiger partial charge in [-0.2, -0.15) is 0 Å².